The van der Waals surface area contributed by atoms with Gasteiger partial charge in [-0.25, -0.2) is 0 Å². The SMILES string of the molecule is CC(=O)N1CCc2cc(NC(=O)CNc3ccccc3C(=O)NCc3ccccc3)ccc21. The Kier molecular flexibility index (Phi) is 6.69. The van der Waals surface area contributed by atoms with Gasteiger partial charge in [0.15, 0.2) is 0 Å². The van der Waals surface area contributed by atoms with E-state index in [1.165, 1.54) is 0 Å². The Morgan fingerprint density at radius 1 is 0.939 bits per heavy atom. The standard InChI is InChI=1S/C26H26N4O3/c1-18(31)30-14-13-20-15-21(11-12-24(20)30)29-25(32)17-27-23-10-6-5-9-22(23)26(33)28-16-19-7-3-2-4-8-19/h2-12,15,27H,13-14,16-17H2,1H3,(H,28,33)(H,29,32). The monoisotopic (exact) mass is 442 g/mol. The van der Waals surface area contributed by atoms with Gasteiger partial charge in [-0.2, -0.15) is 0 Å². The average Bonchev–Trinajstić information content (AvgIpc) is 3.26. The molecule has 3 aromatic rings. The molecule has 1 aliphatic rings. The van der Waals surface area contributed by atoms with Crippen LogP contribution in [0.5, 0.6) is 0 Å². The molecule has 0 bridgehead atoms. The molecule has 1 heterocycles. The predicted octanol–water partition coefficient (Wildman–Crippen LogP) is 3.58. The summed E-state index contributed by atoms with van der Waals surface area (Å²) in [5.74, 6) is -0.423. The van der Waals surface area contributed by atoms with Crippen LogP contribution in [0.25, 0.3) is 0 Å². The van der Waals surface area contributed by atoms with Crippen molar-refractivity contribution in [3.63, 3.8) is 0 Å². The third kappa shape index (κ3) is 5.38. The second-order valence-electron chi connectivity index (χ2n) is 7.88. The van der Waals surface area contributed by atoms with Crippen molar-refractivity contribution in [1.29, 1.82) is 0 Å². The molecule has 0 radical (unpaired) electrons. The van der Waals surface area contributed by atoms with Gasteiger partial charge in [-0.1, -0.05) is 42.5 Å². The zero-order valence-electron chi connectivity index (χ0n) is 18.4. The molecular formula is C26H26N4O3. The van der Waals surface area contributed by atoms with E-state index in [4.69, 9.17) is 0 Å². The number of carbonyl (C=O) groups is 3. The van der Waals surface area contributed by atoms with Gasteiger partial charge in [0.25, 0.3) is 5.91 Å². The minimum atomic E-state index is -0.226. The van der Waals surface area contributed by atoms with E-state index in [2.05, 4.69) is 16.0 Å². The number of carbonyl (C=O) groups excluding carboxylic acids is 3. The van der Waals surface area contributed by atoms with Gasteiger partial charge < -0.3 is 20.9 Å². The number of hydrogen-bond donors (Lipinski definition) is 3. The number of fused-ring (bicyclic) bond motifs is 1. The molecule has 0 atom stereocenters. The number of amides is 3. The molecule has 0 aromatic heterocycles. The normalized spacial score (nSPS) is 12.1. The summed E-state index contributed by atoms with van der Waals surface area (Å²) in [7, 11) is 0. The van der Waals surface area contributed by atoms with Crippen molar-refractivity contribution in [3.8, 4) is 0 Å². The van der Waals surface area contributed by atoms with E-state index in [9.17, 15) is 14.4 Å². The number of rotatable bonds is 7. The van der Waals surface area contributed by atoms with Gasteiger partial charge in [0.2, 0.25) is 11.8 Å². The Balaban J connectivity index is 1.34. The average molecular weight is 443 g/mol. The maximum atomic E-state index is 12.7. The van der Waals surface area contributed by atoms with Crippen LogP contribution in [0.1, 0.15) is 28.4 Å². The Morgan fingerprint density at radius 3 is 2.48 bits per heavy atom. The molecule has 0 unspecified atom stereocenters. The van der Waals surface area contributed by atoms with Crippen LogP contribution in [-0.2, 0) is 22.6 Å². The Morgan fingerprint density at radius 2 is 1.70 bits per heavy atom. The lowest BCUT2D eigenvalue weighted by Gasteiger charge is -2.15. The molecule has 0 aliphatic carbocycles. The zero-order chi connectivity index (χ0) is 23.2. The molecule has 3 aromatic carbocycles. The third-order valence-corrected chi connectivity index (χ3v) is 5.55. The fourth-order valence-corrected chi connectivity index (χ4v) is 3.90. The molecule has 33 heavy (non-hydrogen) atoms. The first-order chi connectivity index (χ1) is 16.0. The van der Waals surface area contributed by atoms with Crippen molar-refractivity contribution in [2.75, 3.05) is 28.6 Å². The fraction of sp³-hybridized carbons (Fsp3) is 0.192. The summed E-state index contributed by atoms with van der Waals surface area (Å²) in [5.41, 5.74) is 4.69. The number of benzene rings is 3. The minimum absolute atomic E-state index is 0.0135. The van der Waals surface area contributed by atoms with Crippen LogP contribution >= 0.6 is 0 Å². The molecule has 0 saturated carbocycles. The summed E-state index contributed by atoms with van der Waals surface area (Å²) in [4.78, 5) is 38.6. The highest BCUT2D eigenvalue weighted by Gasteiger charge is 2.22. The smallest absolute Gasteiger partial charge is 0.253 e. The molecule has 7 nitrogen and oxygen atoms in total. The van der Waals surface area contributed by atoms with Gasteiger partial charge in [-0.05, 0) is 47.9 Å². The molecule has 4 rings (SSSR count). The van der Waals surface area contributed by atoms with Crippen LogP contribution < -0.4 is 20.9 Å². The van der Waals surface area contributed by atoms with E-state index >= 15 is 0 Å². The molecule has 3 amide bonds. The van der Waals surface area contributed by atoms with Crippen molar-refractivity contribution in [1.82, 2.24) is 5.32 Å². The number of nitrogens with one attached hydrogen (secondary N) is 3. The summed E-state index contributed by atoms with van der Waals surface area (Å²) in [5, 5.41) is 8.85. The van der Waals surface area contributed by atoms with E-state index in [-0.39, 0.29) is 24.3 Å². The van der Waals surface area contributed by atoms with E-state index < -0.39 is 0 Å². The van der Waals surface area contributed by atoms with Gasteiger partial charge in [-0.3, -0.25) is 14.4 Å². The zero-order valence-corrected chi connectivity index (χ0v) is 18.4. The van der Waals surface area contributed by atoms with Crippen molar-refractivity contribution >= 4 is 34.8 Å². The Hall–Kier alpha value is -4.13. The van der Waals surface area contributed by atoms with Crippen LogP contribution in [-0.4, -0.2) is 30.8 Å². The van der Waals surface area contributed by atoms with Crippen molar-refractivity contribution in [2.45, 2.75) is 19.9 Å². The van der Waals surface area contributed by atoms with Crippen LogP contribution in [0.2, 0.25) is 0 Å². The highest BCUT2D eigenvalue weighted by molar-refractivity contribution is 6.01. The van der Waals surface area contributed by atoms with Gasteiger partial charge in [0.05, 0.1) is 12.1 Å². The largest absolute Gasteiger partial charge is 0.376 e. The quantitative estimate of drug-likeness (QED) is 0.522. The summed E-state index contributed by atoms with van der Waals surface area (Å²) in [6, 6.07) is 22.3. The molecule has 7 heteroatoms. The topological polar surface area (TPSA) is 90.5 Å². The van der Waals surface area contributed by atoms with Gasteiger partial charge in [0, 0.05) is 37.1 Å². The first kappa shape index (κ1) is 22.1. The second kappa shape index (κ2) is 9.99. The van der Waals surface area contributed by atoms with Crippen molar-refractivity contribution in [2.24, 2.45) is 0 Å². The number of nitrogens with zero attached hydrogens (tertiary/aromatic N) is 1. The highest BCUT2D eigenvalue weighted by Crippen LogP contribution is 2.30. The van der Waals surface area contributed by atoms with Crippen LogP contribution in [0, 0.1) is 0 Å². The maximum Gasteiger partial charge on any atom is 0.253 e. The van der Waals surface area contributed by atoms with Gasteiger partial charge in [-0.15, -0.1) is 0 Å². The Bertz CT molecular complexity index is 1180. The summed E-state index contributed by atoms with van der Waals surface area (Å²) < 4.78 is 0. The lowest BCUT2D eigenvalue weighted by molar-refractivity contribution is -0.116. The molecule has 0 saturated heterocycles. The molecule has 0 spiro atoms. The van der Waals surface area contributed by atoms with E-state index in [0.717, 1.165) is 23.2 Å². The first-order valence-electron chi connectivity index (χ1n) is 10.9. The lowest BCUT2D eigenvalue weighted by Crippen LogP contribution is -2.26. The highest BCUT2D eigenvalue weighted by atomic mass is 16.2. The van der Waals surface area contributed by atoms with Gasteiger partial charge >= 0.3 is 0 Å². The van der Waals surface area contributed by atoms with Crippen LogP contribution in [0.15, 0.2) is 72.8 Å². The van der Waals surface area contributed by atoms with Crippen LogP contribution in [0.4, 0.5) is 17.1 Å². The minimum Gasteiger partial charge on any atom is -0.376 e. The van der Waals surface area contributed by atoms with Crippen molar-refractivity contribution in [3.05, 3.63) is 89.5 Å². The van der Waals surface area contributed by atoms with E-state index in [1.54, 1.807) is 36.1 Å². The first-order valence-corrected chi connectivity index (χ1v) is 10.9. The molecule has 0 fully saturated rings. The summed E-state index contributed by atoms with van der Waals surface area (Å²) in [6.45, 7) is 2.65. The number of para-hydroxylation sites is 1. The van der Waals surface area contributed by atoms with Crippen LogP contribution in [0.3, 0.4) is 0 Å². The van der Waals surface area contributed by atoms with Gasteiger partial charge in [0.1, 0.15) is 0 Å². The predicted molar refractivity (Wildman–Crippen MR) is 129 cm³/mol. The second-order valence-corrected chi connectivity index (χ2v) is 7.88. The third-order valence-electron chi connectivity index (χ3n) is 5.55. The van der Waals surface area contributed by atoms with E-state index in [0.29, 0.717) is 30.0 Å². The lowest BCUT2D eigenvalue weighted by atomic mass is 10.1. The Labute approximate surface area is 192 Å². The molecule has 168 valence electrons. The molecule has 3 N–H and O–H groups in total. The number of hydrogen-bond acceptors (Lipinski definition) is 4. The fourth-order valence-electron chi connectivity index (χ4n) is 3.90. The maximum absolute atomic E-state index is 12.7. The molecular weight excluding hydrogens is 416 g/mol. The van der Waals surface area contributed by atoms with E-state index in [1.807, 2.05) is 48.5 Å². The summed E-state index contributed by atoms with van der Waals surface area (Å²) >= 11 is 0. The molecule has 1 aliphatic heterocycles. The number of anilines is 3. The van der Waals surface area contributed by atoms with Crippen molar-refractivity contribution < 1.29 is 14.4 Å². The summed E-state index contributed by atoms with van der Waals surface area (Å²) in [6.07, 6.45) is 0.766.